The molecule has 1 amide bonds. The number of piperidine rings is 1. The number of hydrogen-bond acceptors (Lipinski definition) is 1. The maximum atomic E-state index is 11.8. The quantitative estimate of drug-likeness (QED) is 0.653. The standard InChI is InChI=1S/C13H25NO/c1-10(2)12(15)14-8-6-11(7-9-14)13(3,4)5/h10-11H,6-9H2,1-5H3. The van der Waals surface area contributed by atoms with Gasteiger partial charge in [-0.15, -0.1) is 0 Å². The Bertz CT molecular complexity index is 219. The van der Waals surface area contributed by atoms with Crippen LogP contribution in [0.4, 0.5) is 0 Å². The SMILES string of the molecule is CC(C)C(=O)N1CCC(C(C)(C)C)CC1. The van der Waals surface area contributed by atoms with Gasteiger partial charge in [-0.05, 0) is 24.2 Å². The van der Waals surface area contributed by atoms with E-state index in [1.165, 1.54) is 12.8 Å². The van der Waals surface area contributed by atoms with Crippen LogP contribution in [0, 0.1) is 17.3 Å². The second-order valence-electron chi connectivity index (χ2n) is 6.12. The van der Waals surface area contributed by atoms with Crippen LogP contribution in [0.15, 0.2) is 0 Å². The number of carbonyl (C=O) groups is 1. The molecule has 0 N–H and O–H groups in total. The van der Waals surface area contributed by atoms with Crippen LogP contribution in [-0.2, 0) is 4.79 Å². The molecule has 0 aromatic carbocycles. The van der Waals surface area contributed by atoms with Gasteiger partial charge in [-0.25, -0.2) is 0 Å². The molecular weight excluding hydrogens is 186 g/mol. The number of carbonyl (C=O) groups excluding carboxylic acids is 1. The summed E-state index contributed by atoms with van der Waals surface area (Å²) in [5.41, 5.74) is 0.396. The molecule has 0 unspecified atom stereocenters. The smallest absolute Gasteiger partial charge is 0.225 e. The number of nitrogens with zero attached hydrogens (tertiary/aromatic N) is 1. The molecule has 0 spiro atoms. The zero-order chi connectivity index (χ0) is 11.6. The molecule has 0 atom stereocenters. The summed E-state index contributed by atoms with van der Waals surface area (Å²) < 4.78 is 0. The van der Waals surface area contributed by atoms with Crippen LogP contribution >= 0.6 is 0 Å². The lowest BCUT2D eigenvalue weighted by Gasteiger charge is -2.39. The Hall–Kier alpha value is -0.530. The first-order valence-corrected chi connectivity index (χ1v) is 6.11. The zero-order valence-electron chi connectivity index (χ0n) is 10.8. The maximum absolute atomic E-state index is 11.8. The Morgan fingerprint density at radius 1 is 1.20 bits per heavy atom. The monoisotopic (exact) mass is 211 g/mol. The van der Waals surface area contributed by atoms with E-state index < -0.39 is 0 Å². The Labute approximate surface area is 94.0 Å². The van der Waals surface area contributed by atoms with Gasteiger partial charge in [0.15, 0.2) is 0 Å². The highest BCUT2D eigenvalue weighted by Crippen LogP contribution is 2.34. The van der Waals surface area contributed by atoms with E-state index in [-0.39, 0.29) is 5.92 Å². The van der Waals surface area contributed by atoms with Crippen LogP contribution < -0.4 is 0 Å². The topological polar surface area (TPSA) is 20.3 Å². The Kier molecular flexibility index (Phi) is 3.80. The largest absolute Gasteiger partial charge is 0.342 e. The van der Waals surface area contributed by atoms with Crippen LogP contribution in [-0.4, -0.2) is 23.9 Å². The van der Waals surface area contributed by atoms with Gasteiger partial charge < -0.3 is 4.90 Å². The summed E-state index contributed by atoms with van der Waals surface area (Å²) >= 11 is 0. The molecule has 0 aromatic rings. The minimum Gasteiger partial charge on any atom is -0.342 e. The average molecular weight is 211 g/mol. The van der Waals surface area contributed by atoms with Crippen molar-refractivity contribution >= 4 is 5.91 Å². The number of likely N-dealkylation sites (tertiary alicyclic amines) is 1. The summed E-state index contributed by atoms with van der Waals surface area (Å²) in [6.45, 7) is 12.8. The van der Waals surface area contributed by atoms with Crippen LogP contribution in [0.25, 0.3) is 0 Å². The molecule has 0 radical (unpaired) electrons. The molecule has 1 aliphatic heterocycles. The van der Waals surface area contributed by atoms with Crippen molar-refractivity contribution in [1.82, 2.24) is 4.90 Å². The molecule has 0 aliphatic carbocycles. The van der Waals surface area contributed by atoms with Gasteiger partial charge >= 0.3 is 0 Å². The molecule has 0 aromatic heterocycles. The fraction of sp³-hybridized carbons (Fsp3) is 0.923. The summed E-state index contributed by atoms with van der Waals surface area (Å²) in [5, 5.41) is 0. The van der Waals surface area contributed by atoms with Crippen molar-refractivity contribution < 1.29 is 4.79 Å². The summed E-state index contributed by atoms with van der Waals surface area (Å²) in [7, 11) is 0. The van der Waals surface area contributed by atoms with Gasteiger partial charge in [-0.3, -0.25) is 4.79 Å². The van der Waals surface area contributed by atoms with Crippen LogP contribution in [0.2, 0.25) is 0 Å². The molecule has 15 heavy (non-hydrogen) atoms. The molecule has 0 saturated carbocycles. The van der Waals surface area contributed by atoms with E-state index in [0.29, 0.717) is 11.3 Å². The third-order valence-corrected chi connectivity index (χ3v) is 3.53. The number of hydrogen-bond donors (Lipinski definition) is 0. The summed E-state index contributed by atoms with van der Waals surface area (Å²) in [5.74, 6) is 1.24. The van der Waals surface area contributed by atoms with Crippen molar-refractivity contribution in [3.8, 4) is 0 Å². The van der Waals surface area contributed by atoms with Gasteiger partial charge in [0, 0.05) is 19.0 Å². The van der Waals surface area contributed by atoms with Gasteiger partial charge in [-0.2, -0.15) is 0 Å². The molecule has 1 rings (SSSR count). The Morgan fingerprint density at radius 2 is 1.67 bits per heavy atom. The second kappa shape index (κ2) is 4.54. The van der Waals surface area contributed by atoms with Crippen LogP contribution in [0.3, 0.4) is 0 Å². The third-order valence-electron chi connectivity index (χ3n) is 3.53. The van der Waals surface area contributed by atoms with Crippen molar-refractivity contribution in [3.63, 3.8) is 0 Å². The third kappa shape index (κ3) is 3.22. The van der Waals surface area contributed by atoms with E-state index in [2.05, 4.69) is 20.8 Å². The molecule has 2 heteroatoms. The molecule has 88 valence electrons. The first-order chi connectivity index (χ1) is 6.82. The lowest BCUT2D eigenvalue weighted by molar-refractivity contribution is -0.136. The fourth-order valence-electron chi connectivity index (χ4n) is 2.33. The lowest BCUT2D eigenvalue weighted by atomic mass is 9.75. The van der Waals surface area contributed by atoms with E-state index in [9.17, 15) is 4.79 Å². The van der Waals surface area contributed by atoms with Crippen LogP contribution in [0.5, 0.6) is 0 Å². The highest BCUT2D eigenvalue weighted by molar-refractivity contribution is 5.78. The highest BCUT2D eigenvalue weighted by Gasteiger charge is 2.30. The summed E-state index contributed by atoms with van der Waals surface area (Å²) in [6.07, 6.45) is 2.34. The first kappa shape index (κ1) is 12.5. The van der Waals surface area contributed by atoms with E-state index >= 15 is 0 Å². The van der Waals surface area contributed by atoms with E-state index in [0.717, 1.165) is 19.0 Å². The highest BCUT2D eigenvalue weighted by atomic mass is 16.2. The normalized spacial score (nSPS) is 19.7. The minimum atomic E-state index is 0.149. The van der Waals surface area contributed by atoms with E-state index in [4.69, 9.17) is 0 Å². The van der Waals surface area contributed by atoms with Gasteiger partial charge in [0.05, 0.1) is 0 Å². The van der Waals surface area contributed by atoms with E-state index in [1.54, 1.807) is 0 Å². The first-order valence-electron chi connectivity index (χ1n) is 6.11. The van der Waals surface area contributed by atoms with Gasteiger partial charge in [0.1, 0.15) is 0 Å². The second-order valence-corrected chi connectivity index (χ2v) is 6.12. The van der Waals surface area contributed by atoms with Crippen LogP contribution in [0.1, 0.15) is 47.5 Å². The van der Waals surface area contributed by atoms with Gasteiger partial charge in [-0.1, -0.05) is 34.6 Å². The molecule has 0 bridgehead atoms. The van der Waals surface area contributed by atoms with Crippen molar-refractivity contribution in [2.75, 3.05) is 13.1 Å². The predicted octanol–water partition coefficient (Wildman–Crippen LogP) is 2.93. The van der Waals surface area contributed by atoms with E-state index in [1.807, 2.05) is 18.7 Å². The van der Waals surface area contributed by atoms with Crippen molar-refractivity contribution in [1.29, 1.82) is 0 Å². The average Bonchev–Trinajstić information content (AvgIpc) is 2.15. The zero-order valence-corrected chi connectivity index (χ0v) is 10.8. The minimum absolute atomic E-state index is 0.149. The summed E-state index contributed by atoms with van der Waals surface area (Å²) in [4.78, 5) is 13.8. The predicted molar refractivity (Wildman–Crippen MR) is 63.6 cm³/mol. The van der Waals surface area contributed by atoms with Gasteiger partial charge in [0.25, 0.3) is 0 Å². The Morgan fingerprint density at radius 3 is 2.00 bits per heavy atom. The number of rotatable bonds is 1. The fourth-order valence-corrected chi connectivity index (χ4v) is 2.33. The number of amides is 1. The van der Waals surface area contributed by atoms with Crippen molar-refractivity contribution in [2.24, 2.45) is 17.3 Å². The Balaban J connectivity index is 2.46. The molecular formula is C13H25NO. The molecule has 2 nitrogen and oxygen atoms in total. The van der Waals surface area contributed by atoms with Crippen molar-refractivity contribution in [2.45, 2.75) is 47.5 Å². The summed E-state index contributed by atoms with van der Waals surface area (Å²) in [6, 6.07) is 0. The maximum Gasteiger partial charge on any atom is 0.225 e. The van der Waals surface area contributed by atoms with Gasteiger partial charge in [0.2, 0.25) is 5.91 Å². The lowest BCUT2D eigenvalue weighted by Crippen LogP contribution is -2.43. The van der Waals surface area contributed by atoms with Crippen molar-refractivity contribution in [3.05, 3.63) is 0 Å². The molecule has 1 heterocycles. The molecule has 1 aliphatic rings. The molecule has 1 saturated heterocycles. The molecule has 1 fully saturated rings.